The van der Waals surface area contributed by atoms with Crippen LogP contribution in [0.2, 0.25) is 0 Å². The number of likely N-dealkylation sites (N-methyl/N-ethyl adjacent to an activating group) is 1. The van der Waals surface area contributed by atoms with Crippen LogP contribution in [0.15, 0.2) is 53.4 Å². The molecule has 1 saturated heterocycles. The normalized spacial score (nSPS) is 19.4. The van der Waals surface area contributed by atoms with Gasteiger partial charge in [-0.3, -0.25) is 9.59 Å². The fourth-order valence-electron chi connectivity index (χ4n) is 4.21. The highest BCUT2D eigenvalue weighted by Gasteiger charge is 2.37. The van der Waals surface area contributed by atoms with Crippen LogP contribution in [-0.4, -0.2) is 23.2 Å². The van der Waals surface area contributed by atoms with Crippen LogP contribution in [0.3, 0.4) is 0 Å². The van der Waals surface area contributed by atoms with Gasteiger partial charge in [-0.15, -0.1) is 0 Å². The van der Waals surface area contributed by atoms with Gasteiger partial charge in [-0.2, -0.15) is 0 Å². The zero-order valence-corrected chi connectivity index (χ0v) is 18.2. The Morgan fingerprint density at radius 1 is 1.13 bits per heavy atom. The van der Waals surface area contributed by atoms with E-state index in [1.54, 1.807) is 30.3 Å². The molecular formula is C24H23FN2O2S. The van der Waals surface area contributed by atoms with Crippen molar-refractivity contribution in [3.63, 3.8) is 0 Å². The first-order chi connectivity index (χ1) is 14.2. The number of para-hydroxylation sites is 1. The summed E-state index contributed by atoms with van der Waals surface area (Å²) in [6, 6.07) is 12.1. The minimum atomic E-state index is -0.433. The molecular weight excluding hydrogens is 399 g/mol. The highest BCUT2D eigenvalue weighted by Crippen LogP contribution is 2.41. The van der Waals surface area contributed by atoms with E-state index in [1.807, 2.05) is 19.9 Å². The lowest BCUT2D eigenvalue weighted by atomic mass is 9.88. The van der Waals surface area contributed by atoms with E-state index in [0.717, 1.165) is 40.0 Å². The van der Waals surface area contributed by atoms with Gasteiger partial charge in [0.1, 0.15) is 5.82 Å². The van der Waals surface area contributed by atoms with Crippen LogP contribution >= 0.6 is 11.8 Å². The second-order valence-corrected chi connectivity index (χ2v) is 8.96. The number of hydrogen-bond donors (Lipinski definition) is 0. The van der Waals surface area contributed by atoms with Gasteiger partial charge in [-0.1, -0.05) is 24.3 Å². The molecule has 2 aliphatic rings. The molecule has 6 heteroatoms. The maximum atomic E-state index is 15.1. The fraction of sp³-hybridized carbons (Fsp3) is 0.250. The molecule has 0 aromatic heterocycles. The summed E-state index contributed by atoms with van der Waals surface area (Å²) in [5.74, 6) is -0.846. The minimum absolute atomic E-state index is 0.210. The van der Waals surface area contributed by atoms with Crippen molar-refractivity contribution in [3.05, 3.63) is 70.4 Å². The van der Waals surface area contributed by atoms with E-state index in [9.17, 15) is 9.59 Å². The number of halogens is 1. The van der Waals surface area contributed by atoms with E-state index in [2.05, 4.69) is 24.8 Å². The quantitative estimate of drug-likeness (QED) is 0.562. The molecule has 2 aliphatic heterocycles. The van der Waals surface area contributed by atoms with E-state index in [0.29, 0.717) is 11.3 Å². The van der Waals surface area contributed by atoms with Crippen LogP contribution in [0.5, 0.6) is 0 Å². The molecule has 2 aromatic carbocycles. The summed E-state index contributed by atoms with van der Waals surface area (Å²) in [5, 5.41) is -0.384. The Labute approximate surface area is 180 Å². The summed E-state index contributed by atoms with van der Waals surface area (Å²) in [4.78, 5) is 28.8. The molecule has 0 saturated carbocycles. The number of amides is 2. The van der Waals surface area contributed by atoms with Crippen molar-refractivity contribution in [2.24, 2.45) is 0 Å². The third-order valence-corrected chi connectivity index (χ3v) is 6.38. The molecule has 0 spiro atoms. The van der Waals surface area contributed by atoms with Crippen molar-refractivity contribution in [2.45, 2.75) is 33.2 Å². The number of fused-ring (bicyclic) bond motifs is 1. The fourth-order valence-corrected chi connectivity index (χ4v) is 5.04. The molecule has 154 valence electrons. The van der Waals surface area contributed by atoms with Gasteiger partial charge in [0.15, 0.2) is 0 Å². The number of nitrogens with zero attached hydrogens (tertiary/aromatic N) is 2. The first kappa shape index (κ1) is 20.4. The molecule has 4 nitrogen and oxygen atoms in total. The molecule has 1 fully saturated rings. The number of rotatable bonds is 3. The van der Waals surface area contributed by atoms with Crippen molar-refractivity contribution < 1.29 is 14.0 Å². The lowest BCUT2D eigenvalue weighted by molar-refractivity contribution is -0.113. The number of thioether (sulfide) groups is 1. The van der Waals surface area contributed by atoms with Gasteiger partial charge in [-0.25, -0.2) is 9.29 Å². The van der Waals surface area contributed by atoms with E-state index in [1.165, 1.54) is 12.1 Å². The maximum Gasteiger partial charge on any atom is 0.298 e. The van der Waals surface area contributed by atoms with Gasteiger partial charge in [-0.05, 0) is 75.4 Å². The standard InChI is InChI=1S/C24H23FN2O2S/c1-5-26-20-13-19(25)16(11-18(20)15(2)14-24(26,3)4)12-21-22(28)27(23(29)30-21)17-9-7-6-8-10-17/h6-14H,5H2,1-4H3/b21-12+. The maximum absolute atomic E-state index is 15.1. The van der Waals surface area contributed by atoms with Gasteiger partial charge >= 0.3 is 0 Å². The zero-order chi connectivity index (χ0) is 21.6. The van der Waals surface area contributed by atoms with Crippen molar-refractivity contribution in [3.8, 4) is 0 Å². The van der Waals surface area contributed by atoms with E-state index < -0.39 is 11.7 Å². The minimum Gasteiger partial charge on any atom is -0.363 e. The third kappa shape index (κ3) is 3.35. The molecule has 0 aliphatic carbocycles. The van der Waals surface area contributed by atoms with E-state index in [-0.39, 0.29) is 15.7 Å². The number of hydrogen-bond acceptors (Lipinski definition) is 4. The molecule has 2 aromatic rings. The molecule has 0 atom stereocenters. The van der Waals surface area contributed by atoms with Crippen LogP contribution in [0, 0.1) is 5.82 Å². The smallest absolute Gasteiger partial charge is 0.298 e. The summed E-state index contributed by atoms with van der Waals surface area (Å²) in [6.07, 6.45) is 3.65. The average Bonchev–Trinajstić information content (AvgIpc) is 2.96. The van der Waals surface area contributed by atoms with Gasteiger partial charge in [0.2, 0.25) is 0 Å². The van der Waals surface area contributed by atoms with Crippen molar-refractivity contribution in [1.82, 2.24) is 0 Å². The topological polar surface area (TPSA) is 40.6 Å². The largest absolute Gasteiger partial charge is 0.363 e. The number of carbonyl (C=O) groups is 2. The first-order valence-corrected chi connectivity index (χ1v) is 10.7. The van der Waals surface area contributed by atoms with Crippen LogP contribution in [0.4, 0.5) is 20.6 Å². The number of anilines is 2. The Bertz CT molecular complexity index is 1110. The molecule has 0 bridgehead atoms. The zero-order valence-electron chi connectivity index (χ0n) is 17.4. The second-order valence-electron chi connectivity index (χ2n) is 7.97. The molecule has 4 rings (SSSR count). The second kappa shape index (κ2) is 7.43. The van der Waals surface area contributed by atoms with Gasteiger partial charge in [0, 0.05) is 23.4 Å². The lowest BCUT2D eigenvalue weighted by Crippen LogP contribution is -2.45. The Balaban J connectivity index is 1.75. The van der Waals surface area contributed by atoms with Crippen LogP contribution in [0.25, 0.3) is 11.6 Å². The van der Waals surface area contributed by atoms with E-state index in [4.69, 9.17) is 0 Å². The summed E-state index contributed by atoms with van der Waals surface area (Å²) >= 11 is 0.830. The first-order valence-electron chi connectivity index (χ1n) is 9.87. The SMILES string of the molecule is CCN1c2cc(F)c(/C=C3/SC(=O)N(c4ccccc4)C3=O)cc2C(C)=CC1(C)C. The summed E-state index contributed by atoms with van der Waals surface area (Å²) < 4.78 is 15.1. The highest BCUT2D eigenvalue weighted by molar-refractivity contribution is 8.19. The summed E-state index contributed by atoms with van der Waals surface area (Å²) in [5.41, 5.74) is 3.44. The van der Waals surface area contributed by atoms with Gasteiger partial charge < -0.3 is 4.90 Å². The number of imide groups is 1. The summed E-state index contributed by atoms with van der Waals surface area (Å²) in [7, 11) is 0. The van der Waals surface area contributed by atoms with Crippen molar-refractivity contribution >= 4 is 45.9 Å². The Morgan fingerprint density at radius 2 is 1.83 bits per heavy atom. The average molecular weight is 423 g/mol. The molecule has 2 heterocycles. The van der Waals surface area contributed by atoms with Crippen molar-refractivity contribution in [1.29, 1.82) is 0 Å². The monoisotopic (exact) mass is 422 g/mol. The highest BCUT2D eigenvalue weighted by atomic mass is 32.2. The lowest BCUT2D eigenvalue weighted by Gasteiger charge is -2.42. The summed E-state index contributed by atoms with van der Waals surface area (Å²) in [6.45, 7) is 9.02. The van der Waals surface area contributed by atoms with E-state index >= 15 is 4.39 Å². The van der Waals surface area contributed by atoms with Crippen molar-refractivity contribution in [2.75, 3.05) is 16.3 Å². The molecule has 0 radical (unpaired) electrons. The van der Waals surface area contributed by atoms with Crippen LogP contribution in [-0.2, 0) is 4.79 Å². The van der Waals surface area contributed by atoms with Crippen LogP contribution in [0.1, 0.15) is 38.8 Å². The number of allylic oxidation sites excluding steroid dienone is 1. The third-order valence-electron chi connectivity index (χ3n) is 5.51. The number of carbonyl (C=O) groups excluding carboxylic acids is 2. The van der Waals surface area contributed by atoms with Crippen LogP contribution < -0.4 is 9.80 Å². The molecule has 2 amide bonds. The Kier molecular flexibility index (Phi) is 5.06. The molecule has 0 N–H and O–H groups in total. The predicted octanol–water partition coefficient (Wildman–Crippen LogP) is 6.09. The Hall–Kier alpha value is -2.86. The predicted molar refractivity (Wildman–Crippen MR) is 122 cm³/mol. The Morgan fingerprint density at radius 3 is 2.50 bits per heavy atom. The molecule has 30 heavy (non-hydrogen) atoms. The number of benzene rings is 2. The van der Waals surface area contributed by atoms with Gasteiger partial charge in [0.05, 0.1) is 16.1 Å². The van der Waals surface area contributed by atoms with Gasteiger partial charge in [0.25, 0.3) is 11.1 Å². The molecule has 0 unspecified atom stereocenters.